The molecule has 2 aromatic carbocycles. The van der Waals surface area contributed by atoms with E-state index in [9.17, 15) is 8.78 Å². The summed E-state index contributed by atoms with van der Waals surface area (Å²) >= 11 is 9.54. The highest BCUT2D eigenvalue weighted by Gasteiger charge is 2.21. The highest BCUT2D eigenvalue weighted by atomic mass is 79.9. The summed E-state index contributed by atoms with van der Waals surface area (Å²) in [5.41, 5.74) is 2.74. The Labute approximate surface area is 124 Å². The molecule has 0 heterocycles. The summed E-state index contributed by atoms with van der Waals surface area (Å²) in [6, 6.07) is 7.44. The molecule has 0 spiro atoms. The van der Waals surface area contributed by atoms with E-state index in [1.54, 1.807) is 26.0 Å². The molecule has 0 aromatic heterocycles. The Hall–Kier alpha value is -0.930. The fraction of sp³-hybridized carbons (Fsp3) is 0.200. The summed E-state index contributed by atoms with van der Waals surface area (Å²) in [5, 5.41) is 0.352. The van der Waals surface area contributed by atoms with Crippen molar-refractivity contribution in [2.75, 3.05) is 0 Å². The molecule has 0 saturated heterocycles. The van der Waals surface area contributed by atoms with Crippen LogP contribution in [-0.4, -0.2) is 0 Å². The first-order valence-electron chi connectivity index (χ1n) is 5.76. The molecule has 0 fully saturated rings. The van der Waals surface area contributed by atoms with E-state index in [1.807, 2.05) is 0 Å². The Morgan fingerprint density at radius 1 is 1.05 bits per heavy atom. The lowest BCUT2D eigenvalue weighted by Gasteiger charge is -2.18. The highest BCUT2D eigenvalue weighted by Crippen LogP contribution is 2.39. The summed E-state index contributed by atoms with van der Waals surface area (Å²) in [6.45, 7) is 3.60. The third-order valence-electron chi connectivity index (χ3n) is 3.07. The molecule has 0 radical (unpaired) electrons. The molecule has 0 bridgehead atoms. The van der Waals surface area contributed by atoms with E-state index >= 15 is 0 Å². The first kappa shape index (κ1) is 14.5. The standard InChI is InChI=1S/C15H12BrClF2/c1-8-6-10(18)7-9(2)13(8)15(16)14-11(17)4-3-5-12(14)19/h3-7,15H,1-2H3. The molecule has 2 rings (SSSR count). The van der Waals surface area contributed by atoms with Gasteiger partial charge in [0.2, 0.25) is 0 Å². The fourth-order valence-electron chi connectivity index (χ4n) is 2.22. The van der Waals surface area contributed by atoms with Crippen molar-refractivity contribution < 1.29 is 8.78 Å². The monoisotopic (exact) mass is 344 g/mol. The molecule has 0 aliphatic rings. The van der Waals surface area contributed by atoms with Gasteiger partial charge in [0, 0.05) is 10.6 Å². The summed E-state index contributed by atoms with van der Waals surface area (Å²) in [4.78, 5) is -0.401. The van der Waals surface area contributed by atoms with Gasteiger partial charge in [-0.3, -0.25) is 0 Å². The van der Waals surface area contributed by atoms with Crippen LogP contribution in [0, 0.1) is 25.5 Å². The Morgan fingerprint density at radius 2 is 1.63 bits per heavy atom. The lowest BCUT2D eigenvalue weighted by molar-refractivity contribution is 0.612. The molecule has 4 heteroatoms. The zero-order chi connectivity index (χ0) is 14.2. The van der Waals surface area contributed by atoms with Gasteiger partial charge in [-0.05, 0) is 54.8 Å². The summed E-state index contributed by atoms with van der Waals surface area (Å²) in [6.07, 6.45) is 0. The number of halogens is 4. The van der Waals surface area contributed by atoms with Crippen LogP contribution in [0.3, 0.4) is 0 Å². The molecular formula is C15H12BrClF2. The Balaban J connectivity index is 2.60. The second-order valence-corrected chi connectivity index (χ2v) is 5.77. The molecular weight excluding hydrogens is 334 g/mol. The van der Waals surface area contributed by atoms with E-state index in [1.165, 1.54) is 18.2 Å². The van der Waals surface area contributed by atoms with Gasteiger partial charge in [0.25, 0.3) is 0 Å². The summed E-state index contributed by atoms with van der Waals surface area (Å²) in [5.74, 6) is -0.671. The molecule has 0 N–H and O–H groups in total. The predicted octanol–water partition coefficient (Wildman–Crippen LogP) is 5.72. The third kappa shape index (κ3) is 2.82. The second kappa shape index (κ2) is 5.59. The number of benzene rings is 2. The maximum Gasteiger partial charge on any atom is 0.129 e. The largest absolute Gasteiger partial charge is 0.207 e. The number of alkyl halides is 1. The van der Waals surface area contributed by atoms with Gasteiger partial charge in [-0.2, -0.15) is 0 Å². The van der Waals surface area contributed by atoms with Crippen LogP contribution in [0.2, 0.25) is 5.02 Å². The van der Waals surface area contributed by atoms with Gasteiger partial charge >= 0.3 is 0 Å². The van der Waals surface area contributed by atoms with Crippen molar-refractivity contribution in [3.05, 3.63) is 69.2 Å². The van der Waals surface area contributed by atoms with Gasteiger partial charge in [-0.25, -0.2) is 8.78 Å². The minimum atomic E-state index is -0.401. The Morgan fingerprint density at radius 3 is 2.16 bits per heavy atom. The fourth-order valence-corrected chi connectivity index (χ4v) is 3.81. The van der Waals surface area contributed by atoms with Crippen LogP contribution in [0.25, 0.3) is 0 Å². The van der Waals surface area contributed by atoms with Crippen molar-refractivity contribution in [1.82, 2.24) is 0 Å². The zero-order valence-corrected chi connectivity index (χ0v) is 12.8. The van der Waals surface area contributed by atoms with Crippen molar-refractivity contribution >= 4 is 27.5 Å². The summed E-state index contributed by atoms with van der Waals surface area (Å²) in [7, 11) is 0. The van der Waals surface area contributed by atoms with E-state index in [-0.39, 0.29) is 11.6 Å². The van der Waals surface area contributed by atoms with Gasteiger partial charge in [0.1, 0.15) is 11.6 Å². The maximum absolute atomic E-state index is 13.9. The van der Waals surface area contributed by atoms with Crippen molar-refractivity contribution in [3.8, 4) is 0 Å². The van der Waals surface area contributed by atoms with Crippen LogP contribution in [0.15, 0.2) is 30.3 Å². The molecule has 0 nitrogen and oxygen atoms in total. The molecule has 100 valence electrons. The first-order valence-corrected chi connectivity index (χ1v) is 7.05. The number of rotatable bonds is 2. The third-order valence-corrected chi connectivity index (χ3v) is 4.31. The smallest absolute Gasteiger partial charge is 0.129 e. The zero-order valence-electron chi connectivity index (χ0n) is 10.5. The minimum Gasteiger partial charge on any atom is -0.207 e. The van der Waals surface area contributed by atoms with Crippen molar-refractivity contribution in [3.63, 3.8) is 0 Å². The lowest BCUT2D eigenvalue weighted by atomic mass is 9.95. The molecule has 0 saturated carbocycles. The number of aryl methyl sites for hydroxylation is 2. The average molecular weight is 346 g/mol. The normalized spacial score (nSPS) is 12.5. The molecule has 0 aliphatic carbocycles. The maximum atomic E-state index is 13.9. The van der Waals surface area contributed by atoms with Gasteiger partial charge in [-0.1, -0.05) is 33.6 Å². The molecule has 2 aromatic rings. The average Bonchev–Trinajstić information content (AvgIpc) is 2.26. The SMILES string of the molecule is Cc1cc(F)cc(C)c1C(Br)c1c(F)cccc1Cl. The van der Waals surface area contributed by atoms with E-state index in [2.05, 4.69) is 15.9 Å². The Bertz CT molecular complexity index is 582. The van der Waals surface area contributed by atoms with Crippen molar-refractivity contribution in [1.29, 1.82) is 0 Å². The van der Waals surface area contributed by atoms with Crippen LogP contribution in [0.5, 0.6) is 0 Å². The van der Waals surface area contributed by atoms with E-state index in [4.69, 9.17) is 11.6 Å². The first-order chi connectivity index (χ1) is 8.91. The van der Waals surface area contributed by atoms with Crippen molar-refractivity contribution in [2.24, 2.45) is 0 Å². The topological polar surface area (TPSA) is 0 Å². The Kier molecular flexibility index (Phi) is 4.26. The van der Waals surface area contributed by atoms with Crippen LogP contribution in [0.1, 0.15) is 27.1 Å². The van der Waals surface area contributed by atoms with Crippen LogP contribution in [0.4, 0.5) is 8.78 Å². The highest BCUT2D eigenvalue weighted by molar-refractivity contribution is 9.09. The number of hydrogen-bond acceptors (Lipinski definition) is 0. The number of hydrogen-bond donors (Lipinski definition) is 0. The summed E-state index contributed by atoms with van der Waals surface area (Å²) < 4.78 is 27.3. The van der Waals surface area contributed by atoms with Gasteiger partial charge < -0.3 is 0 Å². The van der Waals surface area contributed by atoms with Gasteiger partial charge in [0.15, 0.2) is 0 Å². The minimum absolute atomic E-state index is 0.293. The lowest BCUT2D eigenvalue weighted by Crippen LogP contribution is -2.03. The van der Waals surface area contributed by atoms with Crippen LogP contribution < -0.4 is 0 Å². The van der Waals surface area contributed by atoms with E-state index in [0.717, 1.165) is 16.7 Å². The van der Waals surface area contributed by atoms with E-state index in [0.29, 0.717) is 10.6 Å². The van der Waals surface area contributed by atoms with Gasteiger partial charge in [-0.15, -0.1) is 0 Å². The molecule has 0 aliphatic heterocycles. The van der Waals surface area contributed by atoms with Crippen LogP contribution >= 0.6 is 27.5 Å². The molecule has 1 atom stereocenters. The molecule has 19 heavy (non-hydrogen) atoms. The van der Waals surface area contributed by atoms with E-state index < -0.39 is 4.83 Å². The quantitative estimate of drug-likeness (QED) is 0.611. The van der Waals surface area contributed by atoms with Crippen molar-refractivity contribution in [2.45, 2.75) is 18.7 Å². The van der Waals surface area contributed by atoms with Crippen LogP contribution in [-0.2, 0) is 0 Å². The predicted molar refractivity (Wildman–Crippen MR) is 78.1 cm³/mol. The van der Waals surface area contributed by atoms with Gasteiger partial charge in [0.05, 0.1) is 4.83 Å². The second-order valence-electron chi connectivity index (χ2n) is 4.45. The molecule has 0 amide bonds. The molecule has 1 unspecified atom stereocenters.